The molecule has 0 saturated heterocycles. The molecule has 1 aliphatic rings. The first kappa shape index (κ1) is 21.4. The minimum absolute atomic E-state index is 0. The van der Waals surface area contributed by atoms with E-state index in [2.05, 4.69) is 10.3 Å². The second kappa shape index (κ2) is 8.89. The zero-order valence-corrected chi connectivity index (χ0v) is 17.3. The summed E-state index contributed by atoms with van der Waals surface area (Å²) < 4.78 is 10.5. The molecule has 7 nitrogen and oxygen atoms in total. The van der Waals surface area contributed by atoms with Gasteiger partial charge in [0.15, 0.2) is 0 Å². The zero-order valence-electron chi connectivity index (χ0n) is 16.4. The van der Waals surface area contributed by atoms with Gasteiger partial charge in [0.05, 0.1) is 24.5 Å². The third-order valence-corrected chi connectivity index (χ3v) is 5.57. The standard InChI is InChI=1S/C19H28N4O3.ClH/c1-11-16(13(3)25-21-11)9-23(10-17-12(2)22-26-14(17)4)19(24)8-15-6-5-7-18(15)20;/h15,18H,5-10,20H2,1-4H3;1H/t15-,18+;/m0./s1. The molecule has 2 N–H and O–H groups in total. The Balaban J connectivity index is 0.00000261. The van der Waals surface area contributed by atoms with Crippen LogP contribution < -0.4 is 5.73 Å². The molecule has 0 radical (unpaired) electrons. The van der Waals surface area contributed by atoms with Gasteiger partial charge in [-0.2, -0.15) is 0 Å². The van der Waals surface area contributed by atoms with Gasteiger partial charge in [0.2, 0.25) is 5.91 Å². The van der Waals surface area contributed by atoms with Crippen molar-refractivity contribution in [3.8, 4) is 0 Å². The van der Waals surface area contributed by atoms with Gasteiger partial charge in [-0.1, -0.05) is 16.7 Å². The van der Waals surface area contributed by atoms with Gasteiger partial charge < -0.3 is 19.7 Å². The third kappa shape index (κ3) is 4.71. The lowest BCUT2D eigenvalue weighted by atomic mass is 9.99. The maximum absolute atomic E-state index is 13.1. The van der Waals surface area contributed by atoms with Crippen LogP contribution in [-0.2, 0) is 17.9 Å². The van der Waals surface area contributed by atoms with Crippen molar-refractivity contribution in [3.05, 3.63) is 34.0 Å². The Morgan fingerprint density at radius 3 is 1.93 bits per heavy atom. The van der Waals surface area contributed by atoms with Gasteiger partial charge in [-0.05, 0) is 46.5 Å². The minimum atomic E-state index is 0. The van der Waals surface area contributed by atoms with Gasteiger partial charge in [-0.15, -0.1) is 12.4 Å². The van der Waals surface area contributed by atoms with Crippen LogP contribution in [0.1, 0.15) is 59.7 Å². The van der Waals surface area contributed by atoms with E-state index in [1.165, 1.54) is 0 Å². The molecule has 1 amide bonds. The van der Waals surface area contributed by atoms with E-state index in [-0.39, 0.29) is 30.3 Å². The van der Waals surface area contributed by atoms with Gasteiger partial charge in [0.25, 0.3) is 0 Å². The summed E-state index contributed by atoms with van der Waals surface area (Å²) >= 11 is 0. The summed E-state index contributed by atoms with van der Waals surface area (Å²) in [6, 6.07) is 0.124. The van der Waals surface area contributed by atoms with Gasteiger partial charge in [0.1, 0.15) is 11.5 Å². The second-order valence-corrected chi connectivity index (χ2v) is 7.41. The number of nitrogens with zero attached hydrogens (tertiary/aromatic N) is 3. The van der Waals surface area contributed by atoms with Crippen molar-refractivity contribution in [2.45, 2.75) is 72.5 Å². The highest BCUT2D eigenvalue weighted by molar-refractivity contribution is 5.85. The van der Waals surface area contributed by atoms with Crippen LogP contribution in [0.3, 0.4) is 0 Å². The molecular formula is C19H29ClN4O3. The Kier molecular flexibility index (Phi) is 7.06. The number of aromatic nitrogens is 2. The van der Waals surface area contributed by atoms with Crippen molar-refractivity contribution < 1.29 is 13.8 Å². The molecule has 2 aromatic rings. The predicted molar refractivity (Wildman–Crippen MR) is 103 cm³/mol. The Morgan fingerprint density at radius 2 is 1.56 bits per heavy atom. The molecule has 0 aliphatic heterocycles. The summed E-state index contributed by atoms with van der Waals surface area (Å²) in [6.07, 6.45) is 3.61. The summed E-state index contributed by atoms with van der Waals surface area (Å²) in [5.41, 5.74) is 9.73. The van der Waals surface area contributed by atoms with Crippen LogP contribution in [-0.4, -0.2) is 27.2 Å². The van der Waals surface area contributed by atoms with E-state index in [4.69, 9.17) is 14.8 Å². The fourth-order valence-corrected chi connectivity index (χ4v) is 3.74. The molecule has 2 aromatic heterocycles. The van der Waals surface area contributed by atoms with Crippen molar-refractivity contribution >= 4 is 18.3 Å². The topological polar surface area (TPSA) is 98.4 Å². The van der Waals surface area contributed by atoms with Gasteiger partial charge in [-0.25, -0.2) is 0 Å². The number of amides is 1. The molecule has 1 saturated carbocycles. The number of hydrogen-bond acceptors (Lipinski definition) is 6. The van der Waals surface area contributed by atoms with E-state index in [0.717, 1.165) is 53.3 Å². The van der Waals surface area contributed by atoms with Crippen LogP contribution in [0.15, 0.2) is 9.05 Å². The molecule has 0 bridgehead atoms. The lowest BCUT2D eigenvalue weighted by molar-refractivity contribution is -0.133. The molecule has 0 aromatic carbocycles. The minimum Gasteiger partial charge on any atom is -0.361 e. The molecule has 3 rings (SSSR count). The zero-order chi connectivity index (χ0) is 18.8. The van der Waals surface area contributed by atoms with Crippen molar-refractivity contribution in [1.82, 2.24) is 15.2 Å². The van der Waals surface area contributed by atoms with E-state index in [1.807, 2.05) is 32.6 Å². The molecule has 2 heterocycles. The maximum atomic E-state index is 13.1. The Hall–Kier alpha value is -1.86. The SMILES string of the molecule is Cc1noc(C)c1CN(Cc1c(C)noc1C)C(=O)C[C@@H]1CCC[C@H]1N.Cl. The van der Waals surface area contributed by atoms with Crippen LogP contribution in [0.25, 0.3) is 0 Å². The number of halogens is 1. The van der Waals surface area contributed by atoms with E-state index < -0.39 is 0 Å². The molecule has 27 heavy (non-hydrogen) atoms. The number of carbonyl (C=O) groups is 1. The normalized spacial score (nSPS) is 19.1. The lowest BCUT2D eigenvalue weighted by Crippen LogP contribution is -2.35. The summed E-state index contributed by atoms with van der Waals surface area (Å²) in [5.74, 6) is 1.86. The highest BCUT2D eigenvalue weighted by Gasteiger charge is 2.29. The fraction of sp³-hybridized carbons (Fsp3) is 0.632. The van der Waals surface area contributed by atoms with Gasteiger partial charge in [-0.3, -0.25) is 4.79 Å². The largest absolute Gasteiger partial charge is 0.361 e. The Bertz CT molecular complexity index is 699. The van der Waals surface area contributed by atoms with Crippen molar-refractivity contribution in [1.29, 1.82) is 0 Å². The smallest absolute Gasteiger partial charge is 0.223 e. The third-order valence-electron chi connectivity index (χ3n) is 5.57. The second-order valence-electron chi connectivity index (χ2n) is 7.41. The van der Waals surface area contributed by atoms with E-state index in [1.54, 1.807) is 0 Å². The average molecular weight is 397 g/mol. The van der Waals surface area contributed by atoms with E-state index in [0.29, 0.717) is 19.5 Å². The first-order chi connectivity index (χ1) is 12.4. The Morgan fingerprint density at radius 1 is 1.04 bits per heavy atom. The van der Waals surface area contributed by atoms with Crippen molar-refractivity contribution in [2.24, 2.45) is 11.7 Å². The highest BCUT2D eigenvalue weighted by atomic mass is 35.5. The molecular weight excluding hydrogens is 368 g/mol. The Labute approximate surface area is 166 Å². The number of rotatable bonds is 6. The van der Waals surface area contributed by atoms with Crippen LogP contribution in [0, 0.1) is 33.6 Å². The number of carbonyl (C=O) groups excluding carboxylic acids is 1. The summed E-state index contributed by atoms with van der Waals surface area (Å²) in [5, 5.41) is 8.02. The quantitative estimate of drug-likeness (QED) is 0.803. The van der Waals surface area contributed by atoms with E-state index in [9.17, 15) is 4.79 Å². The molecule has 8 heteroatoms. The average Bonchev–Trinajstić information content (AvgIpc) is 3.24. The van der Waals surface area contributed by atoms with Crippen molar-refractivity contribution in [3.63, 3.8) is 0 Å². The molecule has 0 spiro atoms. The lowest BCUT2D eigenvalue weighted by Gasteiger charge is -2.25. The molecule has 2 atom stereocenters. The maximum Gasteiger partial charge on any atom is 0.223 e. The van der Waals surface area contributed by atoms with Crippen LogP contribution in [0.2, 0.25) is 0 Å². The monoisotopic (exact) mass is 396 g/mol. The number of nitrogens with two attached hydrogens (primary N) is 1. The predicted octanol–water partition coefficient (Wildman–Crippen LogP) is 3.36. The van der Waals surface area contributed by atoms with E-state index >= 15 is 0 Å². The molecule has 1 aliphatic carbocycles. The summed E-state index contributed by atoms with van der Waals surface area (Å²) in [4.78, 5) is 15.0. The fourth-order valence-electron chi connectivity index (χ4n) is 3.74. The van der Waals surface area contributed by atoms with Crippen LogP contribution in [0.5, 0.6) is 0 Å². The molecule has 150 valence electrons. The summed E-state index contributed by atoms with van der Waals surface area (Å²) in [6.45, 7) is 8.48. The van der Waals surface area contributed by atoms with Crippen LogP contribution >= 0.6 is 12.4 Å². The molecule has 1 fully saturated rings. The van der Waals surface area contributed by atoms with Gasteiger partial charge >= 0.3 is 0 Å². The molecule has 0 unspecified atom stereocenters. The van der Waals surface area contributed by atoms with Crippen LogP contribution in [0.4, 0.5) is 0 Å². The highest BCUT2D eigenvalue weighted by Crippen LogP contribution is 2.29. The first-order valence-electron chi connectivity index (χ1n) is 9.23. The number of aryl methyl sites for hydroxylation is 4. The van der Waals surface area contributed by atoms with Gasteiger partial charge in [0, 0.05) is 23.6 Å². The first-order valence-corrected chi connectivity index (χ1v) is 9.23. The summed E-state index contributed by atoms with van der Waals surface area (Å²) in [7, 11) is 0. The van der Waals surface area contributed by atoms with Crippen molar-refractivity contribution in [2.75, 3.05) is 0 Å². The number of hydrogen-bond donors (Lipinski definition) is 1.